The van der Waals surface area contributed by atoms with E-state index in [4.69, 9.17) is 23.2 Å². The molecule has 0 radical (unpaired) electrons. The Bertz CT molecular complexity index is 828. The van der Waals surface area contributed by atoms with Crippen LogP contribution in [0.3, 0.4) is 0 Å². The molecule has 0 saturated carbocycles. The fourth-order valence-electron chi connectivity index (χ4n) is 3.26. The van der Waals surface area contributed by atoms with Gasteiger partial charge in [0.05, 0.1) is 5.75 Å². The van der Waals surface area contributed by atoms with E-state index in [0.29, 0.717) is 41.7 Å². The van der Waals surface area contributed by atoms with Gasteiger partial charge in [-0.25, -0.2) is 0 Å². The molecule has 2 aromatic carbocycles. The molecule has 4 nitrogen and oxygen atoms in total. The summed E-state index contributed by atoms with van der Waals surface area (Å²) in [5, 5.41) is 4.13. The molecule has 1 atom stereocenters. The summed E-state index contributed by atoms with van der Waals surface area (Å²) in [4.78, 5) is 27.6. The van der Waals surface area contributed by atoms with Crippen molar-refractivity contribution in [1.82, 2.24) is 10.2 Å². The third kappa shape index (κ3) is 8.06. The van der Waals surface area contributed by atoms with Crippen LogP contribution in [0.25, 0.3) is 0 Å². The molecule has 0 bridgehead atoms. The molecule has 0 aliphatic heterocycles. The maximum Gasteiger partial charge on any atom is 0.242 e. The Morgan fingerprint density at radius 2 is 1.71 bits per heavy atom. The summed E-state index contributed by atoms with van der Waals surface area (Å²) in [7, 11) is 0. The highest BCUT2D eigenvalue weighted by Crippen LogP contribution is 2.28. The number of nitrogens with zero attached hydrogens (tertiary/aromatic N) is 1. The van der Waals surface area contributed by atoms with Gasteiger partial charge >= 0.3 is 0 Å². The molecule has 0 fully saturated rings. The van der Waals surface area contributed by atoms with E-state index in [1.165, 1.54) is 11.8 Å². The Morgan fingerprint density at radius 1 is 1.03 bits per heavy atom. The third-order valence-electron chi connectivity index (χ3n) is 4.95. The van der Waals surface area contributed by atoms with Crippen LogP contribution in [0.1, 0.15) is 37.8 Å². The van der Waals surface area contributed by atoms with Gasteiger partial charge in [-0.15, -0.1) is 11.8 Å². The largest absolute Gasteiger partial charge is 0.354 e. The van der Waals surface area contributed by atoms with Crippen LogP contribution in [0.15, 0.2) is 48.5 Å². The van der Waals surface area contributed by atoms with Crippen molar-refractivity contribution >= 4 is 46.8 Å². The van der Waals surface area contributed by atoms with E-state index < -0.39 is 6.04 Å². The van der Waals surface area contributed by atoms with Crippen LogP contribution in [0.5, 0.6) is 0 Å². The first-order valence-corrected chi connectivity index (χ1v) is 12.5. The average molecular weight is 481 g/mol. The number of benzene rings is 2. The minimum absolute atomic E-state index is 0.0531. The fraction of sp³-hybridized carbons (Fsp3) is 0.417. The number of rotatable bonds is 12. The van der Waals surface area contributed by atoms with Gasteiger partial charge in [0.2, 0.25) is 11.8 Å². The molecule has 1 N–H and O–H groups in total. The quantitative estimate of drug-likeness (QED) is 0.429. The van der Waals surface area contributed by atoms with Crippen LogP contribution in [0.4, 0.5) is 0 Å². The van der Waals surface area contributed by atoms with Crippen molar-refractivity contribution in [2.24, 2.45) is 0 Å². The molecule has 0 heterocycles. The normalized spacial score (nSPS) is 11.7. The summed E-state index contributed by atoms with van der Waals surface area (Å²) >= 11 is 13.9. The van der Waals surface area contributed by atoms with Gasteiger partial charge in [0.1, 0.15) is 6.04 Å². The van der Waals surface area contributed by atoms with E-state index in [1.54, 1.807) is 23.1 Å². The summed E-state index contributed by atoms with van der Waals surface area (Å²) in [5.41, 5.74) is 1.96. The second kappa shape index (κ2) is 13.7. The van der Waals surface area contributed by atoms with E-state index in [-0.39, 0.29) is 17.6 Å². The number of carbonyl (C=O) groups excluding carboxylic acids is 2. The highest BCUT2D eigenvalue weighted by molar-refractivity contribution is 7.99. The number of carbonyl (C=O) groups is 2. The van der Waals surface area contributed by atoms with Crippen molar-refractivity contribution < 1.29 is 9.59 Å². The predicted octanol–water partition coefficient (Wildman–Crippen LogP) is 5.60. The van der Waals surface area contributed by atoms with Crippen LogP contribution in [0, 0.1) is 0 Å². The van der Waals surface area contributed by atoms with Gasteiger partial charge in [-0.1, -0.05) is 73.4 Å². The van der Waals surface area contributed by atoms with E-state index in [1.807, 2.05) is 44.2 Å². The van der Waals surface area contributed by atoms with Gasteiger partial charge in [-0.05, 0) is 42.5 Å². The number of thioether (sulfide) groups is 1. The summed E-state index contributed by atoms with van der Waals surface area (Å²) < 4.78 is 0. The second-order valence-corrected chi connectivity index (χ2v) is 9.03. The van der Waals surface area contributed by atoms with Crippen molar-refractivity contribution in [3.05, 3.63) is 69.7 Å². The Labute approximate surface area is 199 Å². The third-order valence-corrected chi connectivity index (χ3v) is 6.61. The lowest BCUT2D eigenvalue weighted by molar-refractivity contribution is -0.138. The molecular weight excluding hydrogens is 451 g/mol. The Hall–Kier alpha value is -1.69. The van der Waals surface area contributed by atoms with Gasteiger partial charge in [0.25, 0.3) is 0 Å². The van der Waals surface area contributed by atoms with Crippen LogP contribution >= 0.6 is 35.0 Å². The van der Waals surface area contributed by atoms with Crippen LogP contribution in [-0.4, -0.2) is 41.6 Å². The lowest BCUT2D eigenvalue weighted by Crippen LogP contribution is -2.50. The zero-order valence-electron chi connectivity index (χ0n) is 18.1. The molecular formula is C24H30Cl2N2O2S. The first-order valence-electron chi connectivity index (χ1n) is 10.6. The Balaban J connectivity index is 2.07. The van der Waals surface area contributed by atoms with Gasteiger partial charge < -0.3 is 10.2 Å². The Morgan fingerprint density at radius 3 is 2.32 bits per heavy atom. The van der Waals surface area contributed by atoms with Crippen molar-refractivity contribution in [1.29, 1.82) is 0 Å². The Kier molecular flexibility index (Phi) is 11.3. The molecule has 0 aromatic heterocycles. The minimum Gasteiger partial charge on any atom is -0.354 e. The molecule has 2 aromatic rings. The zero-order chi connectivity index (χ0) is 22.6. The van der Waals surface area contributed by atoms with Crippen molar-refractivity contribution in [3.63, 3.8) is 0 Å². The smallest absolute Gasteiger partial charge is 0.242 e. The molecule has 7 heteroatoms. The van der Waals surface area contributed by atoms with Gasteiger partial charge in [-0.3, -0.25) is 9.59 Å². The van der Waals surface area contributed by atoms with E-state index >= 15 is 0 Å². The molecule has 168 valence electrons. The van der Waals surface area contributed by atoms with Crippen LogP contribution < -0.4 is 5.32 Å². The average Bonchev–Trinajstić information content (AvgIpc) is 2.77. The van der Waals surface area contributed by atoms with Crippen molar-refractivity contribution in [3.8, 4) is 0 Å². The summed E-state index contributed by atoms with van der Waals surface area (Å²) in [5.74, 6) is 0.649. The monoisotopic (exact) mass is 480 g/mol. The molecule has 2 rings (SSSR count). The zero-order valence-corrected chi connectivity index (χ0v) is 20.4. The SMILES string of the molecule is CCCNC(=O)[C@H](CC)N(CCc1ccccc1)C(=O)CSCc1c(Cl)cccc1Cl. The second-order valence-electron chi connectivity index (χ2n) is 7.23. The number of halogens is 2. The van der Waals surface area contributed by atoms with Crippen LogP contribution in [0.2, 0.25) is 10.0 Å². The molecule has 31 heavy (non-hydrogen) atoms. The predicted molar refractivity (Wildman–Crippen MR) is 132 cm³/mol. The highest BCUT2D eigenvalue weighted by atomic mass is 35.5. The molecule has 2 amide bonds. The van der Waals surface area contributed by atoms with E-state index in [0.717, 1.165) is 17.5 Å². The lowest BCUT2D eigenvalue weighted by atomic mass is 10.1. The van der Waals surface area contributed by atoms with E-state index in [9.17, 15) is 9.59 Å². The van der Waals surface area contributed by atoms with Crippen molar-refractivity contribution in [2.75, 3.05) is 18.8 Å². The topological polar surface area (TPSA) is 49.4 Å². The summed E-state index contributed by atoms with van der Waals surface area (Å²) in [6.45, 7) is 5.05. The van der Waals surface area contributed by atoms with E-state index in [2.05, 4.69) is 5.32 Å². The summed E-state index contributed by atoms with van der Waals surface area (Å²) in [6.07, 6.45) is 2.12. The van der Waals surface area contributed by atoms with Gasteiger partial charge in [-0.2, -0.15) is 0 Å². The van der Waals surface area contributed by atoms with Crippen molar-refractivity contribution in [2.45, 2.75) is 44.9 Å². The first kappa shape index (κ1) is 25.6. The number of hydrogen-bond acceptors (Lipinski definition) is 3. The lowest BCUT2D eigenvalue weighted by Gasteiger charge is -2.30. The molecule has 0 aliphatic rings. The number of amides is 2. The van der Waals surface area contributed by atoms with Crippen LogP contribution in [-0.2, 0) is 21.8 Å². The minimum atomic E-state index is -0.479. The molecule has 0 aliphatic carbocycles. The fourth-order valence-corrected chi connectivity index (χ4v) is 4.90. The molecule has 0 spiro atoms. The highest BCUT2D eigenvalue weighted by Gasteiger charge is 2.28. The maximum absolute atomic E-state index is 13.2. The first-order chi connectivity index (χ1) is 15.0. The molecule has 0 saturated heterocycles. The van der Waals surface area contributed by atoms with Gasteiger partial charge in [0.15, 0.2) is 0 Å². The number of hydrogen-bond donors (Lipinski definition) is 1. The molecule has 0 unspecified atom stereocenters. The summed E-state index contributed by atoms with van der Waals surface area (Å²) in [6, 6.07) is 14.9. The standard InChI is InChI=1S/C24H30Cl2N2O2S/c1-3-14-27-24(30)22(4-2)28(15-13-18-9-6-5-7-10-18)23(29)17-31-16-19-20(25)11-8-12-21(19)26/h5-12,22H,3-4,13-17H2,1-2H3,(H,27,30)/t22-/m0/s1. The van der Waals surface area contributed by atoms with Gasteiger partial charge in [0, 0.05) is 28.9 Å². The number of nitrogens with one attached hydrogen (secondary N) is 1. The maximum atomic E-state index is 13.2.